The van der Waals surface area contributed by atoms with Gasteiger partial charge in [-0.25, -0.2) is 4.79 Å². The van der Waals surface area contributed by atoms with Crippen molar-refractivity contribution in [2.45, 2.75) is 25.7 Å². The fraction of sp³-hybridized carbons (Fsp3) is 0.600. The van der Waals surface area contributed by atoms with Crippen molar-refractivity contribution in [1.29, 1.82) is 10.5 Å². The number of hydrogen-bond donors (Lipinski definition) is 2. The van der Waals surface area contributed by atoms with Gasteiger partial charge < -0.3 is 5.32 Å². The highest BCUT2D eigenvalue weighted by Crippen LogP contribution is 2.30. The Balaban J connectivity index is 2.78. The molecule has 1 fully saturated rings. The normalized spacial score (nSPS) is 17.9. The molecular weight excluding hydrogens is 208 g/mol. The summed E-state index contributed by atoms with van der Waals surface area (Å²) in [5.41, 5.74) is -0.806. The van der Waals surface area contributed by atoms with Gasteiger partial charge in [-0.3, -0.25) is 10.1 Å². The van der Waals surface area contributed by atoms with Crippen LogP contribution in [0.1, 0.15) is 25.7 Å². The summed E-state index contributed by atoms with van der Waals surface area (Å²) in [5, 5.41) is 21.8. The molecule has 0 unspecified atom stereocenters. The van der Waals surface area contributed by atoms with Crippen molar-refractivity contribution in [3.8, 4) is 12.1 Å². The quantitative estimate of drug-likeness (QED) is 0.716. The van der Waals surface area contributed by atoms with E-state index in [0.29, 0.717) is 12.8 Å². The Morgan fingerprint density at radius 3 is 2.19 bits per heavy atom. The summed E-state index contributed by atoms with van der Waals surface area (Å²) in [6.07, 6.45) is 1.18. The molecule has 0 aliphatic carbocycles. The smallest absolute Gasteiger partial charge is 0.321 e. The Morgan fingerprint density at radius 2 is 1.75 bits per heavy atom. The van der Waals surface area contributed by atoms with Gasteiger partial charge in [0.2, 0.25) is 5.91 Å². The average Bonchev–Trinajstić information content (AvgIpc) is 2.27. The van der Waals surface area contributed by atoms with Crippen molar-refractivity contribution < 1.29 is 9.59 Å². The van der Waals surface area contributed by atoms with Crippen LogP contribution in [0.15, 0.2) is 0 Å². The molecule has 16 heavy (non-hydrogen) atoms. The summed E-state index contributed by atoms with van der Waals surface area (Å²) in [7, 11) is 0. The molecule has 1 aliphatic rings. The molecule has 1 rings (SSSR count). The first-order valence-corrected chi connectivity index (χ1v) is 4.98. The summed E-state index contributed by atoms with van der Waals surface area (Å²) in [6.45, 7) is 0.195. The van der Waals surface area contributed by atoms with Gasteiger partial charge in [0.15, 0.2) is 0 Å². The maximum Gasteiger partial charge on any atom is 0.321 e. The molecule has 0 aromatic rings. The van der Waals surface area contributed by atoms with Crippen molar-refractivity contribution in [2.24, 2.45) is 5.41 Å². The fourth-order valence-corrected chi connectivity index (χ4v) is 1.73. The third kappa shape index (κ3) is 2.48. The van der Waals surface area contributed by atoms with Crippen LogP contribution in [0.25, 0.3) is 0 Å². The van der Waals surface area contributed by atoms with Gasteiger partial charge in [0, 0.05) is 19.4 Å². The minimum atomic E-state index is -0.806. The lowest BCUT2D eigenvalue weighted by Crippen LogP contribution is -2.58. The summed E-state index contributed by atoms with van der Waals surface area (Å²) in [5.74, 6) is -0.387. The van der Waals surface area contributed by atoms with Crippen molar-refractivity contribution in [3.63, 3.8) is 0 Å². The molecule has 1 saturated heterocycles. The number of nitrogens with zero attached hydrogens (tertiary/aromatic N) is 2. The lowest BCUT2D eigenvalue weighted by Gasteiger charge is -2.34. The van der Waals surface area contributed by atoms with Gasteiger partial charge in [-0.2, -0.15) is 10.5 Å². The van der Waals surface area contributed by atoms with E-state index in [2.05, 4.69) is 10.6 Å². The van der Waals surface area contributed by atoms with Crippen LogP contribution in [0.3, 0.4) is 0 Å². The first-order valence-electron chi connectivity index (χ1n) is 4.98. The van der Waals surface area contributed by atoms with Crippen LogP contribution in [0, 0.1) is 28.1 Å². The third-order valence-electron chi connectivity index (χ3n) is 2.73. The second-order valence-corrected chi connectivity index (χ2v) is 3.73. The highest BCUT2D eigenvalue weighted by Gasteiger charge is 2.41. The van der Waals surface area contributed by atoms with Crippen LogP contribution >= 0.6 is 0 Å². The largest absolute Gasteiger partial charge is 0.337 e. The van der Waals surface area contributed by atoms with Gasteiger partial charge in [-0.1, -0.05) is 0 Å². The Hall–Kier alpha value is -2.08. The molecule has 0 bridgehead atoms. The number of rotatable bonds is 4. The summed E-state index contributed by atoms with van der Waals surface area (Å²) in [4.78, 5) is 22.7. The molecule has 0 aromatic carbocycles. The van der Waals surface area contributed by atoms with Crippen molar-refractivity contribution in [1.82, 2.24) is 10.6 Å². The molecule has 6 nitrogen and oxygen atoms in total. The maximum atomic E-state index is 11.7. The standard InChI is InChI=1S/C10H12N4O2/c11-5-1-3-10(4-2-6-12)7-13-9(16)14-8(10)15/h1-4,7H2,(H2,13,14,15,16). The summed E-state index contributed by atoms with van der Waals surface area (Å²) >= 11 is 0. The lowest BCUT2D eigenvalue weighted by atomic mass is 9.77. The Morgan fingerprint density at radius 1 is 1.19 bits per heavy atom. The number of imide groups is 1. The Bertz CT molecular complexity index is 359. The molecule has 1 heterocycles. The van der Waals surface area contributed by atoms with Crippen LogP contribution in [0.2, 0.25) is 0 Å². The van der Waals surface area contributed by atoms with Crippen LogP contribution in [0.5, 0.6) is 0 Å². The highest BCUT2D eigenvalue weighted by molar-refractivity contribution is 6.00. The van der Waals surface area contributed by atoms with E-state index < -0.39 is 11.4 Å². The molecule has 2 N–H and O–H groups in total. The second kappa shape index (κ2) is 5.13. The van der Waals surface area contributed by atoms with Crippen molar-refractivity contribution in [2.75, 3.05) is 6.54 Å². The predicted molar refractivity (Wildman–Crippen MR) is 53.7 cm³/mol. The molecule has 0 saturated carbocycles. The first-order chi connectivity index (χ1) is 7.64. The average molecular weight is 220 g/mol. The SMILES string of the molecule is N#CCCC1(CCC#N)CNC(=O)NC1=O. The monoisotopic (exact) mass is 220 g/mol. The number of hydrogen-bond acceptors (Lipinski definition) is 4. The topological polar surface area (TPSA) is 106 Å². The van der Waals surface area contributed by atoms with E-state index >= 15 is 0 Å². The van der Waals surface area contributed by atoms with E-state index in [-0.39, 0.29) is 25.3 Å². The number of urea groups is 1. The molecule has 3 amide bonds. The van der Waals surface area contributed by atoms with Crippen LogP contribution in [0.4, 0.5) is 4.79 Å². The van der Waals surface area contributed by atoms with Crippen LogP contribution in [-0.4, -0.2) is 18.5 Å². The van der Waals surface area contributed by atoms with Gasteiger partial charge in [-0.05, 0) is 12.8 Å². The summed E-state index contributed by atoms with van der Waals surface area (Å²) in [6, 6.07) is 3.43. The number of nitrogens with one attached hydrogen (secondary N) is 2. The van der Waals surface area contributed by atoms with E-state index in [4.69, 9.17) is 10.5 Å². The van der Waals surface area contributed by atoms with E-state index in [1.807, 2.05) is 12.1 Å². The number of nitriles is 2. The van der Waals surface area contributed by atoms with E-state index in [1.165, 1.54) is 0 Å². The molecule has 0 spiro atoms. The van der Waals surface area contributed by atoms with E-state index in [0.717, 1.165) is 0 Å². The van der Waals surface area contributed by atoms with Gasteiger partial charge in [-0.15, -0.1) is 0 Å². The van der Waals surface area contributed by atoms with Gasteiger partial charge in [0.05, 0.1) is 17.6 Å². The molecule has 1 aliphatic heterocycles. The van der Waals surface area contributed by atoms with Crippen molar-refractivity contribution in [3.05, 3.63) is 0 Å². The van der Waals surface area contributed by atoms with Crippen molar-refractivity contribution >= 4 is 11.9 Å². The van der Waals surface area contributed by atoms with E-state index in [1.54, 1.807) is 0 Å². The van der Waals surface area contributed by atoms with Crippen LogP contribution < -0.4 is 10.6 Å². The summed E-state index contributed by atoms with van der Waals surface area (Å²) < 4.78 is 0. The minimum Gasteiger partial charge on any atom is -0.337 e. The number of amides is 3. The molecule has 84 valence electrons. The van der Waals surface area contributed by atoms with E-state index in [9.17, 15) is 9.59 Å². The Kier molecular flexibility index (Phi) is 3.84. The zero-order valence-electron chi connectivity index (χ0n) is 8.75. The molecule has 6 heteroatoms. The van der Waals surface area contributed by atoms with Gasteiger partial charge >= 0.3 is 6.03 Å². The maximum absolute atomic E-state index is 11.7. The fourth-order valence-electron chi connectivity index (χ4n) is 1.73. The second-order valence-electron chi connectivity index (χ2n) is 3.73. The molecular formula is C10H12N4O2. The molecule has 0 aromatic heterocycles. The molecule has 0 atom stereocenters. The van der Waals surface area contributed by atoms with Gasteiger partial charge in [0.25, 0.3) is 0 Å². The zero-order chi connectivity index (χ0) is 12.0. The lowest BCUT2D eigenvalue weighted by molar-refractivity contribution is -0.131. The Labute approximate surface area is 93.2 Å². The first kappa shape index (κ1) is 12.0. The molecule has 0 radical (unpaired) electrons. The highest BCUT2D eigenvalue weighted by atomic mass is 16.2. The zero-order valence-corrected chi connectivity index (χ0v) is 8.75. The number of carbonyl (C=O) groups excluding carboxylic acids is 2. The predicted octanol–water partition coefficient (Wildman–Crippen LogP) is 0.420. The number of carbonyl (C=O) groups is 2. The minimum absolute atomic E-state index is 0.195. The third-order valence-corrected chi connectivity index (χ3v) is 2.73. The van der Waals surface area contributed by atoms with Gasteiger partial charge in [0.1, 0.15) is 0 Å². The van der Waals surface area contributed by atoms with Crippen LogP contribution in [-0.2, 0) is 4.79 Å².